The van der Waals surface area contributed by atoms with Crippen molar-refractivity contribution in [1.29, 1.82) is 10.8 Å². The van der Waals surface area contributed by atoms with Gasteiger partial charge in [-0.25, -0.2) is 0 Å². The number of nitrogens with one attached hydrogen (secondary N) is 3. The van der Waals surface area contributed by atoms with Crippen LogP contribution in [0.5, 0.6) is 11.5 Å². The number of rotatable bonds is 14. The minimum Gasteiger partial charge on any atom is -0.497 e. The van der Waals surface area contributed by atoms with Crippen molar-refractivity contribution >= 4 is 52.6 Å². The second-order valence-corrected chi connectivity index (χ2v) is 12.5. The van der Waals surface area contributed by atoms with E-state index in [1.54, 1.807) is 31.4 Å². The zero-order valence-electron chi connectivity index (χ0n) is 26.2. The largest absolute Gasteiger partial charge is 0.497 e. The second-order valence-electron chi connectivity index (χ2n) is 11.5. The number of nitrogens with zero attached hydrogens (tertiary/aromatic N) is 1. The van der Waals surface area contributed by atoms with Gasteiger partial charge in [0.1, 0.15) is 34.3 Å². The van der Waals surface area contributed by atoms with E-state index in [0.717, 1.165) is 42.9 Å². The summed E-state index contributed by atoms with van der Waals surface area (Å²) in [5.74, 6) is 1.76. The van der Waals surface area contributed by atoms with Crippen LogP contribution in [0.25, 0.3) is 23.0 Å². The van der Waals surface area contributed by atoms with Crippen molar-refractivity contribution < 1.29 is 19.4 Å². The molecule has 46 heavy (non-hydrogen) atoms. The Balaban J connectivity index is 1.55. The van der Waals surface area contributed by atoms with Crippen LogP contribution in [-0.2, 0) is 0 Å². The Labute approximate surface area is 279 Å². The van der Waals surface area contributed by atoms with Crippen LogP contribution < -0.4 is 25.2 Å². The van der Waals surface area contributed by atoms with Crippen molar-refractivity contribution in [2.75, 3.05) is 26.8 Å². The number of carbonyl (C=O) groups is 1. The van der Waals surface area contributed by atoms with Gasteiger partial charge < -0.3 is 24.8 Å². The second kappa shape index (κ2) is 15.2. The normalized spacial score (nSPS) is 16.8. The molecule has 5 rings (SSSR count). The summed E-state index contributed by atoms with van der Waals surface area (Å²) in [5.41, 5.74) is 3.20. The van der Waals surface area contributed by atoms with E-state index in [2.05, 4.69) is 12.2 Å². The monoisotopic (exact) mass is 662 g/mol. The van der Waals surface area contributed by atoms with Gasteiger partial charge in [0, 0.05) is 47.2 Å². The SMILES string of the molecule is CCCCCCN(CCCCO)C(=O)c1ccc(OC2=c3c(-c4cccc(OC)c4)c4c(cc3=CC(Cl)C2Cl)C(=N)NC4=N)cc1. The van der Waals surface area contributed by atoms with Gasteiger partial charge in [-0.3, -0.25) is 15.6 Å². The van der Waals surface area contributed by atoms with E-state index in [4.69, 9.17) is 43.5 Å². The van der Waals surface area contributed by atoms with E-state index >= 15 is 0 Å². The highest BCUT2D eigenvalue weighted by Crippen LogP contribution is 2.32. The first-order chi connectivity index (χ1) is 22.3. The fourth-order valence-electron chi connectivity index (χ4n) is 5.96. The van der Waals surface area contributed by atoms with Crippen LogP contribution in [-0.4, -0.2) is 65.1 Å². The van der Waals surface area contributed by atoms with Gasteiger partial charge in [0.05, 0.1) is 12.5 Å². The molecule has 2 aliphatic rings. The number of hydrogen-bond donors (Lipinski definition) is 4. The van der Waals surface area contributed by atoms with Gasteiger partial charge in [0.25, 0.3) is 5.91 Å². The first-order valence-electron chi connectivity index (χ1n) is 15.8. The molecule has 0 bridgehead atoms. The van der Waals surface area contributed by atoms with Gasteiger partial charge in [-0.15, -0.1) is 23.2 Å². The average Bonchev–Trinajstić information content (AvgIpc) is 3.35. The summed E-state index contributed by atoms with van der Waals surface area (Å²) >= 11 is 13.7. The van der Waals surface area contributed by atoms with Crippen LogP contribution in [0, 0.1) is 10.8 Å². The van der Waals surface area contributed by atoms with Crippen molar-refractivity contribution in [3.63, 3.8) is 0 Å². The smallest absolute Gasteiger partial charge is 0.253 e. The lowest BCUT2D eigenvalue weighted by Crippen LogP contribution is -2.42. The van der Waals surface area contributed by atoms with Crippen molar-refractivity contribution in [1.82, 2.24) is 10.2 Å². The third-order valence-corrected chi connectivity index (χ3v) is 9.31. The summed E-state index contributed by atoms with van der Waals surface area (Å²) in [6.45, 7) is 3.55. The van der Waals surface area contributed by atoms with Gasteiger partial charge in [-0.2, -0.15) is 0 Å². The van der Waals surface area contributed by atoms with Crippen LogP contribution in [0.2, 0.25) is 0 Å². The molecular formula is C36H40Cl2N4O4. The van der Waals surface area contributed by atoms with Gasteiger partial charge in [-0.05, 0) is 72.5 Å². The summed E-state index contributed by atoms with van der Waals surface area (Å²) in [6, 6.07) is 16.4. The number of halogens is 2. The average molecular weight is 664 g/mol. The number of ether oxygens (including phenoxy) is 2. The molecule has 0 aromatic heterocycles. The van der Waals surface area contributed by atoms with Gasteiger partial charge in [-0.1, -0.05) is 44.4 Å². The maximum absolute atomic E-state index is 13.5. The molecule has 0 saturated heterocycles. The molecule has 242 valence electrons. The van der Waals surface area contributed by atoms with Crippen LogP contribution in [0.3, 0.4) is 0 Å². The van der Waals surface area contributed by atoms with Crippen LogP contribution in [0.15, 0.2) is 54.6 Å². The van der Waals surface area contributed by atoms with Gasteiger partial charge >= 0.3 is 0 Å². The zero-order chi connectivity index (χ0) is 32.8. The summed E-state index contributed by atoms with van der Waals surface area (Å²) in [6.07, 6.45) is 7.53. The van der Waals surface area contributed by atoms with E-state index in [-0.39, 0.29) is 24.2 Å². The highest BCUT2D eigenvalue weighted by atomic mass is 35.5. The molecule has 1 heterocycles. The minimum atomic E-state index is -0.731. The number of amides is 1. The standard InChI is InChI=1S/C36H40Cl2N4O4/c1-3-4-5-6-16-42(17-7-8-18-43)36(44)22-12-14-25(15-13-22)46-33-30-24(21-28(37)32(33)38)20-27-31(35(40)41-34(27)39)29(30)23-10-9-11-26(19-23)45-2/h9-15,19-21,28,32,43H,3-8,16-18H2,1-2H3,(H3,39,40,41). The quantitative estimate of drug-likeness (QED) is 0.132. The van der Waals surface area contributed by atoms with Gasteiger partial charge in [0.2, 0.25) is 0 Å². The number of unbranched alkanes of at least 4 members (excludes halogenated alkanes) is 4. The minimum absolute atomic E-state index is 0.0494. The van der Waals surface area contributed by atoms with Crippen molar-refractivity contribution in [2.24, 2.45) is 0 Å². The Morgan fingerprint density at radius 3 is 2.37 bits per heavy atom. The first-order valence-corrected chi connectivity index (χ1v) is 16.6. The number of hydrogen-bond acceptors (Lipinski definition) is 6. The molecule has 3 aromatic rings. The number of carbonyl (C=O) groups excluding carboxylic acids is 1. The van der Waals surface area contributed by atoms with E-state index < -0.39 is 10.8 Å². The molecular weight excluding hydrogens is 623 g/mol. The molecule has 0 fully saturated rings. The molecule has 0 spiro atoms. The number of fused-ring (bicyclic) bond motifs is 2. The number of benzene rings is 3. The molecule has 1 aliphatic heterocycles. The maximum atomic E-state index is 13.5. The number of aliphatic hydroxyl groups is 1. The third kappa shape index (κ3) is 7.09. The van der Waals surface area contributed by atoms with Crippen molar-refractivity contribution in [2.45, 2.75) is 56.2 Å². The number of amidine groups is 2. The summed E-state index contributed by atoms with van der Waals surface area (Å²) < 4.78 is 12.0. The molecule has 8 nitrogen and oxygen atoms in total. The topological polar surface area (TPSA) is 119 Å². The number of alkyl halides is 2. The molecule has 0 radical (unpaired) electrons. The van der Waals surface area contributed by atoms with Crippen LogP contribution in [0.1, 0.15) is 66.9 Å². The number of methoxy groups -OCH3 is 1. The molecule has 2 unspecified atom stereocenters. The zero-order valence-corrected chi connectivity index (χ0v) is 27.7. The highest BCUT2D eigenvalue weighted by molar-refractivity contribution is 6.35. The summed E-state index contributed by atoms with van der Waals surface area (Å²) in [5, 5.41) is 29.4. The fourth-order valence-corrected chi connectivity index (χ4v) is 6.44. The molecule has 4 N–H and O–H groups in total. The molecule has 3 aromatic carbocycles. The van der Waals surface area contributed by atoms with Crippen molar-refractivity contribution in [3.8, 4) is 22.6 Å². The molecule has 0 saturated carbocycles. The number of aliphatic hydroxyl groups excluding tert-OH is 1. The Morgan fingerprint density at radius 1 is 0.935 bits per heavy atom. The molecule has 10 heteroatoms. The third-order valence-electron chi connectivity index (χ3n) is 8.33. The predicted molar refractivity (Wildman–Crippen MR) is 185 cm³/mol. The van der Waals surface area contributed by atoms with E-state index in [1.165, 1.54) is 0 Å². The van der Waals surface area contributed by atoms with Crippen molar-refractivity contribution in [3.05, 3.63) is 81.7 Å². The molecule has 2 atom stereocenters. The lowest BCUT2D eigenvalue weighted by molar-refractivity contribution is 0.0746. The summed E-state index contributed by atoms with van der Waals surface area (Å²) in [7, 11) is 1.60. The lowest BCUT2D eigenvalue weighted by atomic mass is 9.89. The Hall–Kier alpha value is -3.85. The van der Waals surface area contributed by atoms with Gasteiger partial charge in [0.15, 0.2) is 0 Å². The highest BCUT2D eigenvalue weighted by Gasteiger charge is 2.33. The van der Waals surface area contributed by atoms with E-state index in [1.807, 2.05) is 41.3 Å². The fraction of sp³-hybridized carbons (Fsp3) is 0.361. The maximum Gasteiger partial charge on any atom is 0.253 e. The van der Waals surface area contributed by atoms with Crippen LogP contribution in [0.4, 0.5) is 0 Å². The Morgan fingerprint density at radius 2 is 1.67 bits per heavy atom. The first kappa shape index (κ1) is 33.5. The molecule has 1 aliphatic carbocycles. The lowest BCUT2D eigenvalue weighted by Gasteiger charge is -2.25. The van der Waals surface area contributed by atoms with E-state index in [9.17, 15) is 9.90 Å². The Bertz CT molecular complexity index is 1740. The predicted octanol–water partition coefficient (Wildman–Crippen LogP) is 5.61. The summed E-state index contributed by atoms with van der Waals surface area (Å²) in [4.78, 5) is 15.4. The van der Waals surface area contributed by atoms with Crippen LogP contribution >= 0.6 is 23.2 Å². The molecule has 1 amide bonds. The van der Waals surface area contributed by atoms with E-state index in [0.29, 0.717) is 64.2 Å². The Kier molecular flexibility index (Phi) is 11.0.